The smallest absolute Gasteiger partial charge is 0.330 e. The Morgan fingerprint density at radius 2 is 1.08 bits per heavy atom. The van der Waals surface area contributed by atoms with Crippen LogP contribution < -0.4 is 0 Å². The van der Waals surface area contributed by atoms with Crippen molar-refractivity contribution in [2.45, 2.75) is 51.4 Å². The second kappa shape index (κ2) is 12.2. The van der Waals surface area contributed by atoms with Crippen molar-refractivity contribution in [3.63, 3.8) is 0 Å². The Labute approximate surface area is 154 Å². The zero-order chi connectivity index (χ0) is 19.4. The fourth-order valence-corrected chi connectivity index (χ4v) is 3.10. The van der Waals surface area contributed by atoms with Gasteiger partial charge >= 0.3 is 11.9 Å². The molecule has 0 amide bonds. The first-order valence-electron chi connectivity index (χ1n) is 9.11. The average Bonchev–Trinajstić information content (AvgIpc) is 2.67. The Balaban J connectivity index is 2.18. The van der Waals surface area contributed by atoms with Gasteiger partial charge in [-0.1, -0.05) is 13.2 Å². The standard InChI is InChI=1S/C20H28O6/c1-3-19(23)25-13-5-7-17(21)15-9-11-16(12-10-15)18(22)8-6-14-26-20(24)4-2/h3-4,15-16H,1-2,5-14H2. The van der Waals surface area contributed by atoms with Crippen LogP contribution in [0.1, 0.15) is 51.4 Å². The summed E-state index contributed by atoms with van der Waals surface area (Å²) in [7, 11) is 0. The molecule has 0 unspecified atom stereocenters. The van der Waals surface area contributed by atoms with E-state index < -0.39 is 11.9 Å². The van der Waals surface area contributed by atoms with Crippen LogP contribution in [-0.2, 0) is 28.7 Å². The van der Waals surface area contributed by atoms with Gasteiger partial charge in [-0.3, -0.25) is 9.59 Å². The van der Waals surface area contributed by atoms with Crippen LogP contribution in [0.15, 0.2) is 25.3 Å². The maximum Gasteiger partial charge on any atom is 0.330 e. The molecule has 0 aromatic carbocycles. The van der Waals surface area contributed by atoms with Crippen LogP contribution in [0.4, 0.5) is 0 Å². The van der Waals surface area contributed by atoms with Gasteiger partial charge < -0.3 is 9.47 Å². The molecule has 1 aliphatic rings. The minimum absolute atomic E-state index is 0.00250. The fourth-order valence-electron chi connectivity index (χ4n) is 3.10. The van der Waals surface area contributed by atoms with E-state index >= 15 is 0 Å². The summed E-state index contributed by atoms with van der Waals surface area (Å²) in [6, 6.07) is 0. The molecule has 0 spiro atoms. The number of carbonyl (C=O) groups is 4. The van der Waals surface area contributed by atoms with E-state index in [1.165, 1.54) is 0 Å². The highest BCUT2D eigenvalue weighted by molar-refractivity contribution is 5.84. The minimum atomic E-state index is -0.476. The normalized spacial score (nSPS) is 19.2. The van der Waals surface area contributed by atoms with E-state index in [2.05, 4.69) is 13.2 Å². The lowest BCUT2D eigenvalue weighted by atomic mass is 9.77. The van der Waals surface area contributed by atoms with Gasteiger partial charge in [-0.05, 0) is 38.5 Å². The third kappa shape index (κ3) is 8.23. The molecule has 144 valence electrons. The number of rotatable bonds is 12. The number of hydrogen-bond acceptors (Lipinski definition) is 6. The lowest BCUT2D eigenvalue weighted by Gasteiger charge is -2.26. The van der Waals surface area contributed by atoms with Gasteiger partial charge in [0.15, 0.2) is 0 Å². The number of Topliss-reactive ketones (excluding diaryl/α,β-unsaturated/α-hetero) is 2. The summed E-state index contributed by atoms with van der Waals surface area (Å²) in [6.07, 6.45) is 6.93. The molecule has 0 bridgehead atoms. The van der Waals surface area contributed by atoms with Crippen molar-refractivity contribution in [2.75, 3.05) is 13.2 Å². The van der Waals surface area contributed by atoms with Crippen molar-refractivity contribution in [3.05, 3.63) is 25.3 Å². The number of carbonyl (C=O) groups excluding carboxylic acids is 4. The highest BCUT2D eigenvalue weighted by Gasteiger charge is 2.29. The van der Waals surface area contributed by atoms with Crippen molar-refractivity contribution in [1.29, 1.82) is 0 Å². The molecule has 6 nitrogen and oxygen atoms in total. The topological polar surface area (TPSA) is 86.7 Å². The molecule has 1 aliphatic carbocycles. The molecule has 1 saturated carbocycles. The summed E-state index contributed by atoms with van der Waals surface area (Å²) in [5.41, 5.74) is 0. The number of ether oxygens (including phenoxy) is 2. The Morgan fingerprint density at radius 3 is 1.38 bits per heavy atom. The Hall–Kier alpha value is -2.24. The maximum absolute atomic E-state index is 12.2. The Morgan fingerprint density at radius 1 is 0.731 bits per heavy atom. The summed E-state index contributed by atoms with van der Waals surface area (Å²) in [5, 5.41) is 0. The first-order valence-corrected chi connectivity index (χ1v) is 9.11. The lowest BCUT2D eigenvalue weighted by Crippen LogP contribution is -2.26. The molecule has 0 heterocycles. The average molecular weight is 364 g/mol. The quantitative estimate of drug-likeness (QED) is 0.301. The van der Waals surface area contributed by atoms with Gasteiger partial charge in [-0.25, -0.2) is 9.59 Å². The summed E-state index contributed by atoms with van der Waals surface area (Å²) in [5.74, 6) is -0.583. The molecule has 0 aromatic rings. The van der Waals surface area contributed by atoms with E-state index in [-0.39, 0.29) is 36.6 Å². The van der Waals surface area contributed by atoms with Crippen molar-refractivity contribution >= 4 is 23.5 Å². The largest absolute Gasteiger partial charge is 0.463 e. The first-order chi connectivity index (χ1) is 12.5. The van der Waals surface area contributed by atoms with Crippen LogP contribution in [-0.4, -0.2) is 36.7 Å². The van der Waals surface area contributed by atoms with Crippen LogP contribution in [0.5, 0.6) is 0 Å². The van der Waals surface area contributed by atoms with Crippen molar-refractivity contribution in [1.82, 2.24) is 0 Å². The van der Waals surface area contributed by atoms with Crippen LogP contribution in [0.2, 0.25) is 0 Å². The van der Waals surface area contributed by atoms with E-state index in [1.54, 1.807) is 0 Å². The Bertz CT molecular complexity index is 480. The SMILES string of the molecule is C=CC(=O)OCCCC(=O)C1CCC(C(=O)CCCOC(=O)C=C)CC1. The molecule has 0 N–H and O–H groups in total. The summed E-state index contributed by atoms with van der Waals surface area (Å²) in [4.78, 5) is 46.2. The molecule has 0 aromatic heterocycles. The molecular formula is C20H28O6. The van der Waals surface area contributed by atoms with E-state index in [0.29, 0.717) is 25.7 Å². The molecule has 0 saturated heterocycles. The first kappa shape index (κ1) is 21.8. The highest BCUT2D eigenvalue weighted by Crippen LogP contribution is 2.31. The molecule has 0 aliphatic heterocycles. The zero-order valence-corrected chi connectivity index (χ0v) is 15.2. The van der Waals surface area contributed by atoms with E-state index in [9.17, 15) is 19.2 Å². The molecule has 26 heavy (non-hydrogen) atoms. The van der Waals surface area contributed by atoms with Gasteiger partial charge in [0.25, 0.3) is 0 Å². The molecule has 6 heteroatoms. The van der Waals surface area contributed by atoms with E-state index in [0.717, 1.165) is 37.8 Å². The van der Waals surface area contributed by atoms with E-state index in [4.69, 9.17) is 9.47 Å². The second-order valence-corrected chi connectivity index (χ2v) is 6.43. The summed E-state index contributed by atoms with van der Waals surface area (Å²) in [6.45, 7) is 7.06. The monoisotopic (exact) mass is 364 g/mol. The second-order valence-electron chi connectivity index (χ2n) is 6.43. The number of esters is 2. The number of ketones is 2. The van der Waals surface area contributed by atoms with Crippen molar-refractivity contribution < 1.29 is 28.7 Å². The third-order valence-electron chi connectivity index (χ3n) is 4.59. The molecule has 0 atom stereocenters. The lowest BCUT2D eigenvalue weighted by molar-refractivity contribution is -0.139. The predicted molar refractivity (Wildman–Crippen MR) is 96.2 cm³/mol. The van der Waals surface area contributed by atoms with Gasteiger partial charge in [-0.15, -0.1) is 0 Å². The maximum atomic E-state index is 12.2. The van der Waals surface area contributed by atoms with Crippen LogP contribution >= 0.6 is 0 Å². The fraction of sp³-hybridized carbons (Fsp3) is 0.600. The molecule has 0 radical (unpaired) electrons. The van der Waals surface area contributed by atoms with Crippen molar-refractivity contribution in [2.24, 2.45) is 11.8 Å². The molecule has 1 rings (SSSR count). The van der Waals surface area contributed by atoms with Gasteiger partial charge in [0.2, 0.25) is 0 Å². The third-order valence-corrected chi connectivity index (χ3v) is 4.59. The summed E-state index contributed by atoms with van der Waals surface area (Å²) < 4.78 is 9.71. The summed E-state index contributed by atoms with van der Waals surface area (Å²) >= 11 is 0. The van der Waals surface area contributed by atoms with Crippen molar-refractivity contribution in [3.8, 4) is 0 Å². The zero-order valence-electron chi connectivity index (χ0n) is 15.2. The molecular weight excluding hydrogens is 336 g/mol. The van der Waals surface area contributed by atoms with Crippen LogP contribution in [0, 0.1) is 11.8 Å². The molecule has 1 fully saturated rings. The predicted octanol–water partition coefficient (Wildman–Crippen LogP) is 2.95. The van der Waals surface area contributed by atoms with Gasteiger partial charge in [0.05, 0.1) is 13.2 Å². The van der Waals surface area contributed by atoms with Gasteiger partial charge in [0.1, 0.15) is 11.6 Å². The Kier molecular flexibility index (Phi) is 10.2. The number of hydrogen-bond donors (Lipinski definition) is 0. The van der Waals surface area contributed by atoms with Gasteiger partial charge in [0, 0.05) is 36.8 Å². The van der Waals surface area contributed by atoms with Crippen LogP contribution in [0.25, 0.3) is 0 Å². The van der Waals surface area contributed by atoms with E-state index in [1.807, 2.05) is 0 Å². The van der Waals surface area contributed by atoms with Crippen LogP contribution in [0.3, 0.4) is 0 Å². The minimum Gasteiger partial charge on any atom is -0.463 e. The van der Waals surface area contributed by atoms with Gasteiger partial charge in [-0.2, -0.15) is 0 Å². The highest BCUT2D eigenvalue weighted by atomic mass is 16.5.